The molecule has 0 bridgehead atoms. The molecule has 1 heterocycles. The second kappa shape index (κ2) is 4.94. The van der Waals surface area contributed by atoms with Crippen LogP contribution in [0.25, 0.3) is 0 Å². The zero-order chi connectivity index (χ0) is 11.5. The van der Waals surface area contributed by atoms with E-state index in [1.807, 2.05) is 0 Å². The fraction of sp³-hybridized carbons (Fsp3) is 0.909. The molecule has 1 fully saturated rings. The van der Waals surface area contributed by atoms with E-state index in [-0.39, 0.29) is 11.4 Å². The van der Waals surface area contributed by atoms with Crippen molar-refractivity contribution in [1.82, 2.24) is 4.90 Å². The number of hydrogen-bond donors (Lipinski definition) is 2. The number of hydrogen-bond acceptors (Lipinski definition) is 3. The molecule has 15 heavy (non-hydrogen) atoms. The second-order valence-electron chi connectivity index (χ2n) is 4.99. The predicted molar refractivity (Wildman–Crippen MR) is 61.3 cm³/mol. The molecule has 1 amide bonds. The lowest BCUT2D eigenvalue weighted by atomic mass is 9.88. The van der Waals surface area contributed by atoms with Crippen molar-refractivity contribution < 1.29 is 4.79 Å². The maximum Gasteiger partial charge on any atom is 0.219 e. The third kappa shape index (κ3) is 3.80. The Morgan fingerprint density at radius 2 is 2.07 bits per heavy atom. The number of amides is 1. The average molecular weight is 213 g/mol. The number of primary amides is 1. The SMILES string of the molecule is CC(C)N1CCCC(N)(CC(N)=O)CC1. The van der Waals surface area contributed by atoms with E-state index in [2.05, 4.69) is 18.7 Å². The van der Waals surface area contributed by atoms with E-state index in [1.54, 1.807) is 0 Å². The van der Waals surface area contributed by atoms with Crippen molar-refractivity contribution in [3.05, 3.63) is 0 Å². The maximum absolute atomic E-state index is 10.9. The molecule has 0 aromatic rings. The predicted octanol–water partition coefficient (Wildman–Crippen LogP) is 0.454. The number of carbonyl (C=O) groups excluding carboxylic acids is 1. The highest BCUT2D eigenvalue weighted by molar-refractivity contribution is 5.75. The molecule has 1 aliphatic rings. The molecule has 0 aromatic heterocycles. The molecule has 1 aliphatic heterocycles. The largest absolute Gasteiger partial charge is 0.370 e. The summed E-state index contributed by atoms with van der Waals surface area (Å²) < 4.78 is 0. The quantitative estimate of drug-likeness (QED) is 0.715. The minimum Gasteiger partial charge on any atom is -0.370 e. The Balaban J connectivity index is 2.54. The molecule has 1 atom stereocenters. The van der Waals surface area contributed by atoms with Crippen LogP contribution in [-0.4, -0.2) is 35.5 Å². The second-order valence-corrected chi connectivity index (χ2v) is 4.99. The van der Waals surface area contributed by atoms with Gasteiger partial charge in [0.2, 0.25) is 5.91 Å². The third-order valence-electron chi connectivity index (χ3n) is 3.27. The van der Waals surface area contributed by atoms with Crippen molar-refractivity contribution in [3.63, 3.8) is 0 Å². The number of rotatable bonds is 3. The summed E-state index contributed by atoms with van der Waals surface area (Å²) >= 11 is 0. The Kier molecular flexibility index (Phi) is 4.11. The summed E-state index contributed by atoms with van der Waals surface area (Å²) in [6, 6.07) is 0.556. The van der Waals surface area contributed by atoms with E-state index in [9.17, 15) is 4.79 Å². The molecule has 4 nitrogen and oxygen atoms in total. The molecular weight excluding hydrogens is 190 g/mol. The number of nitrogens with zero attached hydrogens (tertiary/aromatic N) is 1. The van der Waals surface area contributed by atoms with E-state index in [4.69, 9.17) is 11.5 Å². The smallest absolute Gasteiger partial charge is 0.219 e. The molecule has 0 saturated carbocycles. The van der Waals surface area contributed by atoms with Crippen LogP contribution in [0, 0.1) is 0 Å². The molecule has 1 unspecified atom stereocenters. The van der Waals surface area contributed by atoms with Gasteiger partial charge in [-0.3, -0.25) is 4.79 Å². The van der Waals surface area contributed by atoms with Crippen LogP contribution >= 0.6 is 0 Å². The summed E-state index contributed by atoms with van der Waals surface area (Å²) in [6.45, 7) is 6.44. The first-order valence-electron chi connectivity index (χ1n) is 5.74. The van der Waals surface area contributed by atoms with Crippen molar-refractivity contribution in [2.75, 3.05) is 13.1 Å². The van der Waals surface area contributed by atoms with Crippen molar-refractivity contribution in [1.29, 1.82) is 0 Å². The van der Waals surface area contributed by atoms with Crippen LogP contribution in [0.5, 0.6) is 0 Å². The van der Waals surface area contributed by atoms with Gasteiger partial charge in [-0.2, -0.15) is 0 Å². The highest BCUT2D eigenvalue weighted by atomic mass is 16.1. The van der Waals surface area contributed by atoms with Gasteiger partial charge in [-0.25, -0.2) is 0 Å². The normalized spacial score (nSPS) is 29.1. The van der Waals surface area contributed by atoms with E-state index >= 15 is 0 Å². The van der Waals surface area contributed by atoms with Crippen molar-refractivity contribution in [2.45, 2.75) is 51.1 Å². The molecule has 88 valence electrons. The molecule has 0 aliphatic carbocycles. The minimum atomic E-state index is -0.366. The first-order valence-corrected chi connectivity index (χ1v) is 5.74. The van der Waals surface area contributed by atoms with Crippen molar-refractivity contribution in [3.8, 4) is 0 Å². The molecule has 0 aromatic carbocycles. The topological polar surface area (TPSA) is 72.3 Å². The highest BCUT2D eigenvalue weighted by Gasteiger charge is 2.30. The van der Waals surface area contributed by atoms with Crippen LogP contribution in [0.3, 0.4) is 0 Å². The molecule has 1 rings (SSSR count). The van der Waals surface area contributed by atoms with Crippen LogP contribution in [0.1, 0.15) is 39.5 Å². The Morgan fingerprint density at radius 1 is 1.40 bits per heavy atom. The lowest BCUT2D eigenvalue weighted by Gasteiger charge is -2.28. The highest BCUT2D eigenvalue weighted by Crippen LogP contribution is 2.23. The Labute approximate surface area is 92.0 Å². The molecule has 0 spiro atoms. The van der Waals surface area contributed by atoms with E-state index in [0.717, 1.165) is 32.4 Å². The van der Waals surface area contributed by atoms with Gasteiger partial charge in [0, 0.05) is 24.5 Å². The van der Waals surface area contributed by atoms with Gasteiger partial charge in [-0.15, -0.1) is 0 Å². The molecule has 4 N–H and O–H groups in total. The van der Waals surface area contributed by atoms with Gasteiger partial charge in [0.1, 0.15) is 0 Å². The Morgan fingerprint density at radius 3 is 2.60 bits per heavy atom. The third-order valence-corrected chi connectivity index (χ3v) is 3.27. The first-order chi connectivity index (χ1) is 6.93. The summed E-state index contributed by atoms with van der Waals surface area (Å²) in [7, 11) is 0. The number of nitrogens with two attached hydrogens (primary N) is 2. The summed E-state index contributed by atoms with van der Waals surface area (Å²) in [5, 5.41) is 0. The zero-order valence-electron chi connectivity index (χ0n) is 9.83. The molecule has 0 radical (unpaired) electrons. The van der Waals surface area contributed by atoms with Gasteiger partial charge in [-0.05, 0) is 39.7 Å². The van der Waals surface area contributed by atoms with Gasteiger partial charge >= 0.3 is 0 Å². The minimum absolute atomic E-state index is 0.282. The van der Waals surface area contributed by atoms with Gasteiger partial charge in [-0.1, -0.05) is 0 Å². The summed E-state index contributed by atoms with van der Waals surface area (Å²) in [5.41, 5.74) is 11.1. The Bertz CT molecular complexity index is 230. The average Bonchev–Trinajstić information content (AvgIpc) is 2.25. The van der Waals surface area contributed by atoms with E-state index in [1.165, 1.54) is 0 Å². The van der Waals surface area contributed by atoms with Gasteiger partial charge < -0.3 is 16.4 Å². The van der Waals surface area contributed by atoms with E-state index in [0.29, 0.717) is 12.5 Å². The van der Waals surface area contributed by atoms with E-state index < -0.39 is 0 Å². The maximum atomic E-state index is 10.9. The molecular formula is C11H23N3O. The van der Waals surface area contributed by atoms with Gasteiger partial charge in [0.05, 0.1) is 0 Å². The number of likely N-dealkylation sites (tertiary alicyclic amines) is 1. The van der Waals surface area contributed by atoms with Crippen LogP contribution in [0.2, 0.25) is 0 Å². The van der Waals surface area contributed by atoms with Gasteiger partial charge in [0.15, 0.2) is 0 Å². The standard InChI is InChI=1S/C11H23N3O/c1-9(2)14-6-3-4-11(13,5-7-14)8-10(12)15/h9H,3-8,13H2,1-2H3,(H2,12,15). The first kappa shape index (κ1) is 12.5. The lowest BCUT2D eigenvalue weighted by molar-refractivity contribution is -0.119. The lowest BCUT2D eigenvalue weighted by Crippen LogP contribution is -2.44. The summed E-state index contributed by atoms with van der Waals surface area (Å²) in [6.07, 6.45) is 3.15. The Hall–Kier alpha value is -0.610. The summed E-state index contributed by atoms with van der Waals surface area (Å²) in [4.78, 5) is 13.3. The zero-order valence-corrected chi connectivity index (χ0v) is 9.83. The summed E-state index contributed by atoms with van der Waals surface area (Å²) in [5.74, 6) is -0.282. The van der Waals surface area contributed by atoms with Crippen LogP contribution in [-0.2, 0) is 4.79 Å². The van der Waals surface area contributed by atoms with Crippen LogP contribution < -0.4 is 11.5 Å². The number of carbonyl (C=O) groups is 1. The van der Waals surface area contributed by atoms with Gasteiger partial charge in [0.25, 0.3) is 0 Å². The van der Waals surface area contributed by atoms with Crippen LogP contribution in [0.4, 0.5) is 0 Å². The van der Waals surface area contributed by atoms with Crippen molar-refractivity contribution >= 4 is 5.91 Å². The molecule has 4 heteroatoms. The monoisotopic (exact) mass is 213 g/mol. The fourth-order valence-corrected chi connectivity index (χ4v) is 2.28. The fourth-order valence-electron chi connectivity index (χ4n) is 2.28. The van der Waals surface area contributed by atoms with Crippen LogP contribution in [0.15, 0.2) is 0 Å². The van der Waals surface area contributed by atoms with Crippen molar-refractivity contribution in [2.24, 2.45) is 11.5 Å². The molecule has 1 saturated heterocycles.